The van der Waals surface area contributed by atoms with Gasteiger partial charge in [0.1, 0.15) is 11.4 Å². The first-order valence-electron chi connectivity index (χ1n) is 4.03. The number of carbonyl (C=O) groups is 1. The molecule has 17 heavy (non-hydrogen) atoms. The molecule has 0 saturated heterocycles. The highest BCUT2D eigenvalue weighted by Gasteiger charge is 2.41. The minimum absolute atomic E-state index is 0.318. The van der Waals surface area contributed by atoms with Crippen LogP contribution in [0, 0.1) is 0 Å². The highest BCUT2D eigenvalue weighted by atomic mass is 19.4. The topological polar surface area (TPSA) is 76.2 Å². The van der Waals surface area contributed by atoms with E-state index in [1.807, 2.05) is 0 Å². The SMILES string of the molecule is Nc1ncc(C(F)F)c(C(=O)O)c1C(F)(F)F. The van der Waals surface area contributed by atoms with Crippen molar-refractivity contribution in [3.63, 3.8) is 0 Å². The van der Waals surface area contributed by atoms with Crippen molar-refractivity contribution in [1.82, 2.24) is 4.98 Å². The molecule has 0 bridgehead atoms. The minimum atomic E-state index is -5.17. The molecule has 4 nitrogen and oxygen atoms in total. The number of aromatic carboxylic acids is 1. The summed E-state index contributed by atoms with van der Waals surface area (Å²) in [5.41, 5.74) is 0.127. The molecule has 0 aromatic carbocycles. The first-order chi connectivity index (χ1) is 7.66. The summed E-state index contributed by atoms with van der Waals surface area (Å²) in [4.78, 5) is 13.6. The van der Waals surface area contributed by atoms with Gasteiger partial charge in [0.05, 0.1) is 11.1 Å². The number of nitrogens with zero attached hydrogens (tertiary/aromatic N) is 1. The number of nitrogens with two attached hydrogens (primary N) is 1. The van der Waals surface area contributed by atoms with E-state index < -0.39 is 41.1 Å². The summed E-state index contributed by atoms with van der Waals surface area (Å²) in [5, 5.41) is 8.57. The fourth-order valence-corrected chi connectivity index (χ4v) is 1.22. The predicted octanol–water partition coefficient (Wildman–Crippen LogP) is 2.32. The van der Waals surface area contributed by atoms with Gasteiger partial charge in [-0.15, -0.1) is 0 Å². The molecule has 0 unspecified atom stereocenters. The van der Waals surface area contributed by atoms with E-state index in [0.717, 1.165) is 0 Å². The fraction of sp³-hybridized carbons (Fsp3) is 0.250. The molecule has 0 atom stereocenters. The largest absolute Gasteiger partial charge is 0.478 e. The summed E-state index contributed by atoms with van der Waals surface area (Å²) in [5.74, 6) is -3.29. The second-order valence-electron chi connectivity index (χ2n) is 2.95. The van der Waals surface area contributed by atoms with E-state index in [9.17, 15) is 26.7 Å². The molecule has 0 saturated carbocycles. The van der Waals surface area contributed by atoms with Crippen LogP contribution in [-0.2, 0) is 6.18 Å². The van der Waals surface area contributed by atoms with Crippen LogP contribution in [0.3, 0.4) is 0 Å². The monoisotopic (exact) mass is 256 g/mol. The molecule has 0 fully saturated rings. The Morgan fingerprint density at radius 1 is 1.41 bits per heavy atom. The van der Waals surface area contributed by atoms with Crippen molar-refractivity contribution in [2.24, 2.45) is 0 Å². The summed E-state index contributed by atoms with van der Waals surface area (Å²) >= 11 is 0. The molecule has 3 N–H and O–H groups in total. The number of pyridine rings is 1. The average Bonchev–Trinajstić information content (AvgIpc) is 2.14. The van der Waals surface area contributed by atoms with Crippen molar-refractivity contribution in [1.29, 1.82) is 0 Å². The van der Waals surface area contributed by atoms with Crippen LogP contribution in [0.2, 0.25) is 0 Å². The normalized spacial score (nSPS) is 11.9. The maximum Gasteiger partial charge on any atom is 0.420 e. The number of anilines is 1. The summed E-state index contributed by atoms with van der Waals surface area (Å²) in [6.07, 6.45) is -8.25. The van der Waals surface area contributed by atoms with Gasteiger partial charge in [0.15, 0.2) is 0 Å². The quantitative estimate of drug-likeness (QED) is 0.796. The standard InChI is InChI=1S/C8H5F5N2O2/c9-5(10)2-1-15-6(14)4(8(11,12)13)3(2)7(16)17/h1,5H,(H2,14,15)(H,16,17). The van der Waals surface area contributed by atoms with E-state index in [2.05, 4.69) is 4.98 Å². The zero-order valence-electron chi connectivity index (χ0n) is 7.92. The second-order valence-corrected chi connectivity index (χ2v) is 2.95. The van der Waals surface area contributed by atoms with Gasteiger partial charge in [0.2, 0.25) is 0 Å². The van der Waals surface area contributed by atoms with E-state index >= 15 is 0 Å². The summed E-state index contributed by atoms with van der Waals surface area (Å²) in [7, 11) is 0. The lowest BCUT2D eigenvalue weighted by atomic mass is 10.0. The van der Waals surface area contributed by atoms with E-state index in [-0.39, 0.29) is 0 Å². The van der Waals surface area contributed by atoms with Crippen molar-refractivity contribution in [3.8, 4) is 0 Å². The Labute approximate surface area is 90.9 Å². The molecule has 94 valence electrons. The van der Waals surface area contributed by atoms with Crippen molar-refractivity contribution in [2.45, 2.75) is 12.6 Å². The fourth-order valence-electron chi connectivity index (χ4n) is 1.22. The maximum absolute atomic E-state index is 12.5. The third kappa shape index (κ3) is 2.43. The number of hydrogen-bond acceptors (Lipinski definition) is 3. The third-order valence-electron chi connectivity index (χ3n) is 1.87. The van der Waals surface area contributed by atoms with Gasteiger partial charge in [-0.25, -0.2) is 18.6 Å². The number of alkyl halides is 5. The smallest absolute Gasteiger partial charge is 0.420 e. The highest BCUT2D eigenvalue weighted by molar-refractivity contribution is 5.92. The van der Waals surface area contributed by atoms with Gasteiger partial charge < -0.3 is 10.8 Å². The lowest BCUT2D eigenvalue weighted by molar-refractivity contribution is -0.137. The third-order valence-corrected chi connectivity index (χ3v) is 1.87. The zero-order valence-corrected chi connectivity index (χ0v) is 7.92. The molecule has 0 amide bonds. The van der Waals surface area contributed by atoms with Crippen molar-refractivity contribution in [2.75, 3.05) is 5.73 Å². The van der Waals surface area contributed by atoms with Gasteiger partial charge in [-0.1, -0.05) is 0 Å². The van der Waals surface area contributed by atoms with Crippen molar-refractivity contribution < 1.29 is 31.9 Å². The molecule has 0 aliphatic rings. The molecule has 1 rings (SSSR count). The van der Waals surface area contributed by atoms with Crippen LogP contribution < -0.4 is 5.73 Å². The molecule has 1 aromatic heterocycles. The van der Waals surface area contributed by atoms with E-state index in [0.29, 0.717) is 6.20 Å². The first kappa shape index (κ1) is 13.1. The van der Waals surface area contributed by atoms with Gasteiger partial charge in [0, 0.05) is 6.20 Å². The minimum Gasteiger partial charge on any atom is -0.478 e. The highest BCUT2D eigenvalue weighted by Crippen LogP contribution is 2.38. The summed E-state index contributed by atoms with van der Waals surface area (Å²) < 4.78 is 62.2. The molecule has 1 heterocycles. The molecule has 1 aromatic rings. The second kappa shape index (κ2) is 4.15. The van der Waals surface area contributed by atoms with Gasteiger partial charge in [-0.2, -0.15) is 13.2 Å². The van der Waals surface area contributed by atoms with E-state index in [1.165, 1.54) is 0 Å². The molecular formula is C8H5F5N2O2. The Morgan fingerprint density at radius 3 is 2.29 bits per heavy atom. The number of carboxylic acids is 1. The van der Waals surface area contributed by atoms with Crippen LogP contribution in [0.15, 0.2) is 6.20 Å². The molecule has 0 aliphatic carbocycles. The van der Waals surface area contributed by atoms with Crippen LogP contribution >= 0.6 is 0 Å². The Balaban J connectivity index is 3.67. The molecule has 0 aliphatic heterocycles. The molecular weight excluding hydrogens is 251 g/mol. The number of carboxylic acid groups (broad SMARTS) is 1. The van der Waals surface area contributed by atoms with Gasteiger partial charge >= 0.3 is 12.1 Å². The van der Waals surface area contributed by atoms with E-state index in [4.69, 9.17) is 10.8 Å². The molecule has 9 heteroatoms. The number of halogens is 5. The van der Waals surface area contributed by atoms with Gasteiger partial charge in [-0.05, 0) is 0 Å². The lowest BCUT2D eigenvalue weighted by Gasteiger charge is -2.14. The Morgan fingerprint density at radius 2 is 1.94 bits per heavy atom. The van der Waals surface area contributed by atoms with Crippen molar-refractivity contribution in [3.05, 3.63) is 22.9 Å². The van der Waals surface area contributed by atoms with Crippen molar-refractivity contribution >= 4 is 11.8 Å². The zero-order chi connectivity index (χ0) is 13.4. The average molecular weight is 256 g/mol. The van der Waals surface area contributed by atoms with Crippen LogP contribution in [0.5, 0.6) is 0 Å². The van der Waals surface area contributed by atoms with Crippen LogP contribution in [0.25, 0.3) is 0 Å². The Hall–Kier alpha value is -1.93. The van der Waals surface area contributed by atoms with Crippen LogP contribution in [0.1, 0.15) is 27.9 Å². The molecule has 0 spiro atoms. The lowest BCUT2D eigenvalue weighted by Crippen LogP contribution is -2.19. The number of nitrogen functional groups attached to an aromatic ring is 1. The summed E-state index contributed by atoms with van der Waals surface area (Å²) in [6, 6.07) is 0. The summed E-state index contributed by atoms with van der Waals surface area (Å²) in [6.45, 7) is 0. The predicted molar refractivity (Wildman–Crippen MR) is 45.6 cm³/mol. The number of aromatic nitrogens is 1. The maximum atomic E-state index is 12.5. The van der Waals surface area contributed by atoms with Crippen LogP contribution in [0.4, 0.5) is 27.8 Å². The Kier molecular flexibility index (Phi) is 3.21. The number of rotatable bonds is 2. The Bertz CT molecular complexity index is 458. The number of hydrogen-bond donors (Lipinski definition) is 2. The van der Waals surface area contributed by atoms with Gasteiger partial charge in [0.25, 0.3) is 6.43 Å². The van der Waals surface area contributed by atoms with Gasteiger partial charge in [-0.3, -0.25) is 0 Å². The first-order valence-corrected chi connectivity index (χ1v) is 4.03. The van der Waals surface area contributed by atoms with E-state index in [1.54, 1.807) is 0 Å². The molecule has 0 radical (unpaired) electrons. The van der Waals surface area contributed by atoms with Crippen LogP contribution in [-0.4, -0.2) is 16.1 Å².